The van der Waals surface area contributed by atoms with Crippen molar-refractivity contribution in [1.82, 2.24) is 15.5 Å². The molecule has 0 saturated heterocycles. The van der Waals surface area contributed by atoms with Gasteiger partial charge in [-0.25, -0.2) is 0 Å². The van der Waals surface area contributed by atoms with E-state index in [2.05, 4.69) is 20.8 Å². The number of anilines is 1. The summed E-state index contributed by atoms with van der Waals surface area (Å²) in [6.07, 6.45) is 0. The van der Waals surface area contributed by atoms with Crippen molar-refractivity contribution in [2.24, 2.45) is 0 Å². The smallest absolute Gasteiger partial charge is 0.291 e. The third-order valence-corrected chi connectivity index (χ3v) is 6.49. The molecule has 2 N–H and O–H groups in total. The molecular weight excluding hydrogens is 448 g/mol. The molecule has 0 fully saturated rings. The standard InChI is InChI=1S/C22H20N4O4S2/c1-13-25-26-22(32-13)31-12-17-16-8-3-4-9-18(16)30-20(17)21(28)24-14-6-5-7-15(10-14)29-11-19(27)23-2/h3-10H,11-12H2,1-2H3,(H,23,27)(H,24,28). The van der Waals surface area contributed by atoms with Crippen LogP contribution in [0.4, 0.5) is 5.69 Å². The summed E-state index contributed by atoms with van der Waals surface area (Å²) >= 11 is 3.02. The second kappa shape index (κ2) is 9.84. The molecule has 0 bridgehead atoms. The van der Waals surface area contributed by atoms with Gasteiger partial charge in [0.1, 0.15) is 16.3 Å². The maximum atomic E-state index is 13.1. The minimum Gasteiger partial charge on any atom is -0.484 e. The van der Waals surface area contributed by atoms with Crippen LogP contribution in [0.25, 0.3) is 11.0 Å². The quantitative estimate of drug-likeness (QED) is 0.372. The summed E-state index contributed by atoms with van der Waals surface area (Å²) in [6, 6.07) is 14.4. The van der Waals surface area contributed by atoms with Crippen LogP contribution in [0.3, 0.4) is 0 Å². The number of benzene rings is 2. The Morgan fingerprint density at radius 3 is 2.78 bits per heavy atom. The summed E-state index contributed by atoms with van der Waals surface area (Å²) < 4.78 is 12.2. The summed E-state index contributed by atoms with van der Waals surface area (Å²) in [4.78, 5) is 24.5. The van der Waals surface area contributed by atoms with Gasteiger partial charge >= 0.3 is 0 Å². The van der Waals surface area contributed by atoms with Gasteiger partial charge in [0.25, 0.3) is 11.8 Å². The van der Waals surface area contributed by atoms with E-state index in [1.54, 1.807) is 24.3 Å². The fourth-order valence-electron chi connectivity index (χ4n) is 2.97. The van der Waals surface area contributed by atoms with Crippen molar-refractivity contribution in [3.05, 3.63) is 64.9 Å². The normalized spacial score (nSPS) is 10.8. The molecule has 164 valence electrons. The van der Waals surface area contributed by atoms with E-state index in [9.17, 15) is 9.59 Å². The summed E-state index contributed by atoms with van der Waals surface area (Å²) in [5, 5.41) is 15.3. The lowest BCUT2D eigenvalue weighted by Crippen LogP contribution is -2.24. The number of aryl methyl sites for hydroxylation is 1. The highest BCUT2D eigenvalue weighted by molar-refractivity contribution is 8.00. The predicted octanol–water partition coefficient (Wildman–Crippen LogP) is 4.26. The predicted molar refractivity (Wildman–Crippen MR) is 124 cm³/mol. The minimum absolute atomic E-state index is 0.107. The molecular formula is C22H20N4O4S2. The summed E-state index contributed by atoms with van der Waals surface area (Å²) in [5.41, 5.74) is 1.97. The number of fused-ring (bicyclic) bond motifs is 1. The Morgan fingerprint density at radius 2 is 2.00 bits per heavy atom. The van der Waals surface area contributed by atoms with E-state index in [4.69, 9.17) is 9.15 Å². The van der Waals surface area contributed by atoms with Gasteiger partial charge in [0, 0.05) is 35.5 Å². The van der Waals surface area contributed by atoms with E-state index in [1.165, 1.54) is 30.1 Å². The molecule has 0 atom stereocenters. The summed E-state index contributed by atoms with van der Waals surface area (Å²) in [7, 11) is 1.54. The Balaban J connectivity index is 1.55. The molecule has 0 unspecified atom stereocenters. The zero-order chi connectivity index (χ0) is 22.5. The maximum Gasteiger partial charge on any atom is 0.291 e. The van der Waals surface area contributed by atoms with Gasteiger partial charge in [-0.2, -0.15) is 0 Å². The van der Waals surface area contributed by atoms with Gasteiger partial charge in [0.15, 0.2) is 16.7 Å². The molecule has 8 nitrogen and oxygen atoms in total. The van der Waals surface area contributed by atoms with Crippen molar-refractivity contribution < 1.29 is 18.7 Å². The number of aromatic nitrogens is 2. The first-order valence-corrected chi connectivity index (χ1v) is 11.5. The monoisotopic (exact) mass is 468 g/mol. The van der Waals surface area contributed by atoms with E-state index in [0.717, 1.165) is 20.3 Å². The first-order chi connectivity index (χ1) is 15.5. The van der Waals surface area contributed by atoms with Gasteiger partial charge in [0.2, 0.25) is 0 Å². The van der Waals surface area contributed by atoms with Crippen molar-refractivity contribution in [1.29, 1.82) is 0 Å². The van der Waals surface area contributed by atoms with Crippen LogP contribution in [0, 0.1) is 6.92 Å². The topological polar surface area (TPSA) is 106 Å². The third kappa shape index (κ3) is 5.09. The molecule has 0 radical (unpaired) electrons. The van der Waals surface area contributed by atoms with Gasteiger partial charge in [-0.05, 0) is 25.1 Å². The second-order valence-corrected chi connectivity index (χ2v) is 9.13. The van der Waals surface area contributed by atoms with Gasteiger partial charge < -0.3 is 19.8 Å². The molecule has 2 aromatic carbocycles. The number of hydrogen-bond acceptors (Lipinski definition) is 8. The van der Waals surface area contributed by atoms with Crippen LogP contribution in [0.15, 0.2) is 57.3 Å². The van der Waals surface area contributed by atoms with Crippen LogP contribution >= 0.6 is 23.1 Å². The molecule has 32 heavy (non-hydrogen) atoms. The third-order valence-electron chi connectivity index (χ3n) is 4.49. The highest BCUT2D eigenvalue weighted by Crippen LogP contribution is 2.33. The average Bonchev–Trinajstić information content (AvgIpc) is 3.39. The number of likely N-dealkylation sites (N-methyl/N-ethyl adjacent to an activating group) is 1. The average molecular weight is 469 g/mol. The Bertz CT molecular complexity index is 1270. The second-order valence-electron chi connectivity index (χ2n) is 6.73. The van der Waals surface area contributed by atoms with Crippen molar-refractivity contribution >= 4 is 51.6 Å². The maximum absolute atomic E-state index is 13.1. The molecule has 0 aliphatic heterocycles. The lowest BCUT2D eigenvalue weighted by Gasteiger charge is -2.09. The molecule has 2 heterocycles. The molecule has 0 saturated carbocycles. The van der Waals surface area contributed by atoms with Crippen molar-refractivity contribution in [3.63, 3.8) is 0 Å². The highest BCUT2D eigenvalue weighted by Gasteiger charge is 2.21. The van der Waals surface area contributed by atoms with Crippen molar-refractivity contribution in [2.45, 2.75) is 17.0 Å². The molecule has 0 spiro atoms. The Hall–Kier alpha value is -3.37. The number of para-hydroxylation sites is 1. The fraction of sp³-hybridized carbons (Fsp3) is 0.182. The zero-order valence-electron chi connectivity index (χ0n) is 17.4. The van der Waals surface area contributed by atoms with Crippen LogP contribution < -0.4 is 15.4 Å². The van der Waals surface area contributed by atoms with E-state index in [1.807, 2.05) is 31.2 Å². The van der Waals surface area contributed by atoms with Crippen LogP contribution in [-0.4, -0.2) is 35.7 Å². The molecule has 2 amide bonds. The fourth-order valence-corrected chi connectivity index (χ4v) is 4.81. The van der Waals surface area contributed by atoms with Crippen LogP contribution in [-0.2, 0) is 10.5 Å². The largest absolute Gasteiger partial charge is 0.484 e. The van der Waals surface area contributed by atoms with Crippen molar-refractivity contribution in [3.8, 4) is 5.75 Å². The summed E-state index contributed by atoms with van der Waals surface area (Å²) in [5.74, 6) is 0.627. The Kier molecular flexibility index (Phi) is 6.72. The first kappa shape index (κ1) is 21.8. The molecule has 0 aliphatic rings. The number of rotatable bonds is 8. The number of nitrogens with one attached hydrogen (secondary N) is 2. The summed E-state index contributed by atoms with van der Waals surface area (Å²) in [6.45, 7) is 1.80. The van der Waals surface area contributed by atoms with Gasteiger partial charge in [-0.1, -0.05) is 47.4 Å². The number of carbonyl (C=O) groups excluding carboxylic acids is 2. The van der Waals surface area contributed by atoms with Gasteiger partial charge in [0.05, 0.1) is 0 Å². The van der Waals surface area contributed by atoms with Crippen LogP contribution in [0.2, 0.25) is 0 Å². The van der Waals surface area contributed by atoms with Gasteiger partial charge in [-0.3, -0.25) is 9.59 Å². The molecule has 4 aromatic rings. The number of furan rings is 1. The number of amides is 2. The highest BCUT2D eigenvalue weighted by atomic mass is 32.2. The minimum atomic E-state index is -0.367. The molecule has 4 rings (SSSR count). The van der Waals surface area contributed by atoms with E-state index < -0.39 is 0 Å². The number of nitrogens with zero attached hydrogens (tertiary/aromatic N) is 2. The molecule has 10 heteroatoms. The Labute approximate surface area is 192 Å². The van der Waals surface area contributed by atoms with E-state index in [-0.39, 0.29) is 24.2 Å². The van der Waals surface area contributed by atoms with Gasteiger partial charge in [-0.15, -0.1) is 10.2 Å². The number of carbonyl (C=O) groups is 2. The number of ether oxygens (including phenoxy) is 1. The lowest BCUT2D eigenvalue weighted by atomic mass is 10.1. The Morgan fingerprint density at radius 1 is 1.16 bits per heavy atom. The van der Waals surface area contributed by atoms with Crippen molar-refractivity contribution in [2.75, 3.05) is 19.0 Å². The number of thioether (sulfide) groups is 1. The molecule has 2 aromatic heterocycles. The van der Waals surface area contributed by atoms with Crippen LogP contribution in [0.1, 0.15) is 21.1 Å². The van der Waals surface area contributed by atoms with Crippen LogP contribution in [0.5, 0.6) is 5.75 Å². The number of hydrogen-bond donors (Lipinski definition) is 2. The van der Waals surface area contributed by atoms with E-state index in [0.29, 0.717) is 22.8 Å². The lowest BCUT2D eigenvalue weighted by molar-refractivity contribution is -0.122. The molecule has 0 aliphatic carbocycles. The SMILES string of the molecule is CNC(=O)COc1cccc(NC(=O)c2oc3ccccc3c2CSc2nnc(C)s2)c1. The zero-order valence-corrected chi connectivity index (χ0v) is 19.0. The first-order valence-electron chi connectivity index (χ1n) is 9.71. The van der Waals surface area contributed by atoms with E-state index >= 15 is 0 Å².